The van der Waals surface area contributed by atoms with Crippen molar-refractivity contribution in [2.24, 2.45) is 0 Å². The van der Waals surface area contributed by atoms with Gasteiger partial charge < -0.3 is 0 Å². The number of hydrogen-bond acceptors (Lipinski definition) is 2. The van der Waals surface area contributed by atoms with E-state index in [1.165, 1.54) is 25.7 Å². The first-order chi connectivity index (χ1) is 6.91. The van der Waals surface area contributed by atoms with Crippen molar-refractivity contribution in [1.82, 2.24) is 0 Å². The zero-order chi connectivity index (χ0) is 11.9. The molecule has 0 fully saturated rings. The van der Waals surface area contributed by atoms with Gasteiger partial charge >= 0.3 is 99.7 Å². The topological polar surface area (TPSA) is 18.5 Å². The molecule has 0 bridgehead atoms. The van der Waals surface area contributed by atoms with Crippen LogP contribution in [0.25, 0.3) is 0 Å². The fourth-order valence-electron chi connectivity index (χ4n) is 1.57. The molecule has 0 saturated heterocycles. The van der Waals surface area contributed by atoms with E-state index in [0.717, 1.165) is 0 Å². The molecule has 2 nitrogen and oxygen atoms in total. The Bertz CT molecular complexity index is 154. The van der Waals surface area contributed by atoms with Crippen LogP contribution in [0, 0.1) is 0 Å². The van der Waals surface area contributed by atoms with E-state index in [0.29, 0.717) is 4.12 Å². The Kier molecular flexibility index (Phi) is 8.28. The van der Waals surface area contributed by atoms with Gasteiger partial charge in [-0.15, -0.1) is 0 Å². The van der Waals surface area contributed by atoms with Gasteiger partial charge in [-0.25, -0.2) is 0 Å². The molecule has 92 valence electrons. The van der Waals surface area contributed by atoms with Gasteiger partial charge in [0.1, 0.15) is 0 Å². The molecule has 0 spiro atoms. The van der Waals surface area contributed by atoms with E-state index in [1.54, 1.807) is 7.11 Å². The molecule has 2 atom stereocenters. The number of methoxy groups -OCH3 is 1. The maximum atomic E-state index is 5.98. The maximum absolute atomic E-state index is 5.98. The fourth-order valence-corrected chi connectivity index (χ4v) is 6.34. The number of hydrogen-bond donors (Lipinski definition) is 0. The van der Waals surface area contributed by atoms with Crippen LogP contribution in [0.15, 0.2) is 0 Å². The van der Waals surface area contributed by atoms with Crippen molar-refractivity contribution in [2.45, 2.75) is 64.8 Å². The average Bonchev–Trinajstić information content (AvgIpc) is 2.14. The Labute approximate surface area is 99.6 Å². The Morgan fingerprint density at radius 2 is 1.73 bits per heavy atom. The standard InChI is InChI=1S/C9H19O2.3CH3.Sn/c1-4-5-6-7-8-11-9(2)10-3;;;;/h8-9H,4-7H2,1-3H3;3*1H3;/t9-;;;;/m1..../s1. The summed E-state index contributed by atoms with van der Waals surface area (Å²) in [5.41, 5.74) is 0. The van der Waals surface area contributed by atoms with Crippen molar-refractivity contribution in [1.29, 1.82) is 0 Å². The van der Waals surface area contributed by atoms with E-state index in [2.05, 4.69) is 21.7 Å². The van der Waals surface area contributed by atoms with Crippen molar-refractivity contribution in [3.05, 3.63) is 0 Å². The van der Waals surface area contributed by atoms with Gasteiger partial charge in [-0.2, -0.15) is 0 Å². The number of ether oxygens (including phenoxy) is 2. The minimum atomic E-state index is -1.94. The van der Waals surface area contributed by atoms with Gasteiger partial charge in [-0.05, 0) is 0 Å². The quantitative estimate of drug-likeness (QED) is 0.384. The van der Waals surface area contributed by atoms with Crippen LogP contribution in [0.4, 0.5) is 0 Å². The number of rotatable bonds is 8. The van der Waals surface area contributed by atoms with Gasteiger partial charge in [0.25, 0.3) is 0 Å². The predicted octanol–water partition coefficient (Wildman–Crippen LogP) is 3.82. The van der Waals surface area contributed by atoms with Crippen molar-refractivity contribution in [2.75, 3.05) is 7.11 Å². The van der Waals surface area contributed by atoms with Crippen LogP contribution in [0.2, 0.25) is 14.8 Å². The molecule has 0 unspecified atom stereocenters. The van der Waals surface area contributed by atoms with Gasteiger partial charge in [0.15, 0.2) is 0 Å². The Balaban J connectivity index is 4.08. The third-order valence-corrected chi connectivity index (χ3v) is 9.45. The third-order valence-electron chi connectivity index (χ3n) is 2.72. The Morgan fingerprint density at radius 3 is 2.13 bits per heavy atom. The molecule has 0 rings (SSSR count). The normalized spacial score (nSPS) is 16.4. The summed E-state index contributed by atoms with van der Waals surface area (Å²) in [6.45, 7) is 4.23. The number of unbranched alkanes of at least 4 members (excludes halogenated alkanes) is 2. The van der Waals surface area contributed by atoms with Crippen LogP contribution < -0.4 is 0 Å². The summed E-state index contributed by atoms with van der Waals surface area (Å²) in [5, 5.41) is 0. The average molecular weight is 323 g/mol. The minimum absolute atomic E-state index is 0.0486. The summed E-state index contributed by atoms with van der Waals surface area (Å²) in [7, 11) is 1.71. The van der Waals surface area contributed by atoms with Crippen LogP contribution in [-0.4, -0.2) is 35.9 Å². The molecule has 0 aliphatic rings. The molecule has 0 aromatic carbocycles. The van der Waals surface area contributed by atoms with Crippen LogP contribution >= 0.6 is 0 Å². The Morgan fingerprint density at radius 1 is 1.13 bits per heavy atom. The molecule has 0 radical (unpaired) electrons. The van der Waals surface area contributed by atoms with Crippen LogP contribution in [0.1, 0.15) is 39.5 Å². The third kappa shape index (κ3) is 7.58. The SMILES string of the molecule is CCCCC[C@@H](O[C@H](C)OC)[Sn]([CH3])([CH3])[CH3]. The zero-order valence-electron chi connectivity index (χ0n) is 11.3. The summed E-state index contributed by atoms with van der Waals surface area (Å²) >= 11 is -1.94. The van der Waals surface area contributed by atoms with Crippen molar-refractivity contribution in [3.8, 4) is 0 Å². The summed E-state index contributed by atoms with van der Waals surface area (Å²) in [4.78, 5) is 7.31. The van der Waals surface area contributed by atoms with Crippen LogP contribution in [0.5, 0.6) is 0 Å². The summed E-state index contributed by atoms with van der Waals surface area (Å²) < 4.78 is 11.7. The molecule has 0 heterocycles. The fraction of sp³-hybridized carbons (Fsp3) is 1.00. The molecular formula is C12H28O2Sn. The van der Waals surface area contributed by atoms with Gasteiger partial charge in [0.2, 0.25) is 0 Å². The summed E-state index contributed by atoms with van der Waals surface area (Å²) in [6, 6.07) is 0. The van der Waals surface area contributed by atoms with E-state index in [1.807, 2.05) is 6.92 Å². The van der Waals surface area contributed by atoms with Crippen molar-refractivity contribution in [3.63, 3.8) is 0 Å². The van der Waals surface area contributed by atoms with Crippen LogP contribution in [-0.2, 0) is 9.47 Å². The van der Waals surface area contributed by atoms with Gasteiger partial charge in [-0.3, -0.25) is 0 Å². The molecule has 0 saturated carbocycles. The van der Waals surface area contributed by atoms with Crippen molar-refractivity contribution >= 4 is 18.4 Å². The van der Waals surface area contributed by atoms with E-state index in [9.17, 15) is 0 Å². The molecule has 0 aliphatic carbocycles. The Hall–Kier alpha value is 0.719. The molecule has 0 aliphatic heterocycles. The second kappa shape index (κ2) is 7.91. The van der Waals surface area contributed by atoms with E-state index >= 15 is 0 Å². The monoisotopic (exact) mass is 324 g/mol. The summed E-state index contributed by atoms with van der Waals surface area (Å²) in [5.74, 6) is 0. The van der Waals surface area contributed by atoms with Crippen LogP contribution in [0.3, 0.4) is 0 Å². The molecule has 3 heteroatoms. The molecule has 15 heavy (non-hydrogen) atoms. The first-order valence-electron chi connectivity index (χ1n) is 6.10. The van der Waals surface area contributed by atoms with E-state index in [-0.39, 0.29) is 6.29 Å². The first kappa shape index (κ1) is 15.7. The molecule has 0 amide bonds. The van der Waals surface area contributed by atoms with Gasteiger partial charge in [0.05, 0.1) is 0 Å². The molecule has 0 aromatic heterocycles. The molecular weight excluding hydrogens is 295 g/mol. The second-order valence-corrected chi connectivity index (χ2v) is 20.6. The second-order valence-electron chi connectivity index (χ2n) is 5.29. The van der Waals surface area contributed by atoms with Gasteiger partial charge in [0, 0.05) is 0 Å². The molecule has 0 aromatic rings. The summed E-state index contributed by atoms with van der Waals surface area (Å²) in [6.07, 6.45) is 5.08. The van der Waals surface area contributed by atoms with Crippen molar-refractivity contribution < 1.29 is 9.47 Å². The molecule has 0 N–H and O–H groups in total. The van der Waals surface area contributed by atoms with E-state index in [4.69, 9.17) is 9.47 Å². The zero-order valence-corrected chi connectivity index (χ0v) is 14.2. The first-order valence-corrected chi connectivity index (χ1v) is 16.3. The van der Waals surface area contributed by atoms with Gasteiger partial charge in [-0.1, -0.05) is 0 Å². The predicted molar refractivity (Wildman–Crippen MR) is 68.8 cm³/mol. The van der Waals surface area contributed by atoms with E-state index < -0.39 is 18.4 Å².